The Morgan fingerprint density at radius 2 is 2.38 bits per heavy atom. The third kappa shape index (κ3) is 1.75. The molecule has 1 saturated carbocycles. The molecule has 0 unspecified atom stereocenters. The minimum atomic E-state index is 0.0509. The summed E-state index contributed by atoms with van der Waals surface area (Å²) in [7, 11) is 0. The van der Waals surface area contributed by atoms with Gasteiger partial charge >= 0.3 is 0 Å². The molecular weight excluding hydrogens is 164 g/mol. The van der Waals surface area contributed by atoms with Gasteiger partial charge in [-0.25, -0.2) is 4.98 Å². The van der Waals surface area contributed by atoms with E-state index in [0.717, 1.165) is 24.2 Å². The number of aliphatic hydroxyl groups excluding tert-OH is 1. The van der Waals surface area contributed by atoms with Crippen molar-refractivity contribution in [1.29, 1.82) is 0 Å². The highest BCUT2D eigenvalue weighted by Gasteiger charge is 2.25. The van der Waals surface area contributed by atoms with Gasteiger partial charge < -0.3 is 9.67 Å². The van der Waals surface area contributed by atoms with Gasteiger partial charge in [-0.15, -0.1) is 0 Å². The van der Waals surface area contributed by atoms with E-state index >= 15 is 0 Å². The van der Waals surface area contributed by atoms with Gasteiger partial charge in [0.05, 0.1) is 0 Å². The van der Waals surface area contributed by atoms with Crippen LogP contribution >= 0.6 is 0 Å². The molecule has 0 spiro atoms. The lowest BCUT2D eigenvalue weighted by atomic mass is 9.76. The molecule has 1 aliphatic carbocycles. The molecule has 0 aliphatic heterocycles. The third-order valence-electron chi connectivity index (χ3n) is 2.87. The molecule has 1 fully saturated rings. The van der Waals surface area contributed by atoms with Crippen LogP contribution in [0.1, 0.15) is 25.6 Å². The van der Waals surface area contributed by atoms with Crippen LogP contribution in [0.25, 0.3) is 0 Å². The van der Waals surface area contributed by atoms with Gasteiger partial charge in [0.1, 0.15) is 12.4 Å². The number of aromatic nitrogens is 2. The molecule has 13 heavy (non-hydrogen) atoms. The molecule has 0 aromatic carbocycles. The first kappa shape index (κ1) is 8.75. The van der Waals surface area contributed by atoms with Crippen molar-refractivity contribution in [2.24, 2.45) is 11.8 Å². The first-order chi connectivity index (χ1) is 6.29. The Morgan fingerprint density at radius 1 is 1.62 bits per heavy atom. The average Bonchev–Trinajstić information content (AvgIpc) is 2.49. The van der Waals surface area contributed by atoms with E-state index in [0.29, 0.717) is 0 Å². The van der Waals surface area contributed by atoms with Crippen molar-refractivity contribution in [1.82, 2.24) is 9.55 Å². The number of rotatable bonds is 3. The van der Waals surface area contributed by atoms with Gasteiger partial charge in [0.2, 0.25) is 0 Å². The number of hydrogen-bond donors (Lipinski definition) is 1. The molecule has 0 atom stereocenters. The topological polar surface area (TPSA) is 38.0 Å². The lowest BCUT2D eigenvalue weighted by Gasteiger charge is -2.33. The highest BCUT2D eigenvalue weighted by molar-refractivity contribution is 4.92. The molecule has 1 heterocycles. The summed E-state index contributed by atoms with van der Waals surface area (Å²) in [5, 5.41) is 8.98. The Morgan fingerprint density at radius 3 is 3.00 bits per heavy atom. The zero-order valence-electron chi connectivity index (χ0n) is 7.98. The highest BCUT2D eigenvalue weighted by atomic mass is 16.3. The molecule has 0 saturated heterocycles. The van der Waals surface area contributed by atoms with Crippen LogP contribution in [0.2, 0.25) is 0 Å². The summed E-state index contributed by atoms with van der Waals surface area (Å²) in [4.78, 5) is 4.08. The van der Waals surface area contributed by atoms with Crippen LogP contribution in [-0.2, 0) is 13.2 Å². The SMILES string of the molecule is CC1CC(Cn2ccnc2CO)C1. The molecule has 3 nitrogen and oxygen atoms in total. The van der Waals surface area contributed by atoms with Crippen LogP contribution in [0, 0.1) is 11.8 Å². The van der Waals surface area contributed by atoms with Gasteiger partial charge in [0.15, 0.2) is 0 Å². The minimum Gasteiger partial charge on any atom is -0.388 e. The second kappa shape index (κ2) is 3.50. The predicted molar refractivity (Wildman–Crippen MR) is 50.0 cm³/mol. The minimum absolute atomic E-state index is 0.0509. The second-order valence-corrected chi connectivity index (χ2v) is 4.10. The molecule has 1 aliphatic rings. The van der Waals surface area contributed by atoms with Crippen LogP contribution < -0.4 is 0 Å². The van der Waals surface area contributed by atoms with Crippen LogP contribution in [0.3, 0.4) is 0 Å². The predicted octanol–water partition coefficient (Wildman–Crippen LogP) is 1.42. The van der Waals surface area contributed by atoms with E-state index in [4.69, 9.17) is 5.11 Å². The lowest BCUT2D eigenvalue weighted by molar-refractivity contribution is 0.180. The summed E-state index contributed by atoms with van der Waals surface area (Å²) in [6.45, 7) is 3.37. The van der Waals surface area contributed by atoms with Crippen molar-refractivity contribution in [2.75, 3.05) is 0 Å². The van der Waals surface area contributed by atoms with Crippen molar-refractivity contribution in [3.63, 3.8) is 0 Å². The molecule has 1 N–H and O–H groups in total. The Hall–Kier alpha value is -0.830. The maximum atomic E-state index is 8.98. The smallest absolute Gasteiger partial charge is 0.134 e. The Labute approximate surface area is 78.4 Å². The van der Waals surface area contributed by atoms with E-state index in [1.807, 2.05) is 6.20 Å². The summed E-state index contributed by atoms with van der Waals surface area (Å²) in [5.74, 6) is 2.49. The average molecular weight is 180 g/mol. The molecule has 3 heteroatoms. The summed E-state index contributed by atoms with van der Waals surface area (Å²) < 4.78 is 2.07. The van der Waals surface area contributed by atoms with E-state index in [1.165, 1.54) is 12.8 Å². The normalized spacial score (nSPS) is 27.2. The van der Waals surface area contributed by atoms with E-state index in [2.05, 4.69) is 16.5 Å². The van der Waals surface area contributed by atoms with Crippen molar-refractivity contribution >= 4 is 0 Å². The van der Waals surface area contributed by atoms with E-state index in [-0.39, 0.29) is 6.61 Å². The zero-order chi connectivity index (χ0) is 9.26. The van der Waals surface area contributed by atoms with Crippen molar-refractivity contribution in [3.8, 4) is 0 Å². The Bertz CT molecular complexity index is 276. The second-order valence-electron chi connectivity index (χ2n) is 4.10. The van der Waals surface area contributed by atoms with E-state index in [1.54, 1.807) is 6.20 Å². The fourth-order valence-electron chi connectivity index (χ4n) is 2.15. The summed E-state index contributed by atoms with van der Waals surface area (Å²) in [6.07, 6.45) is 6.36. The molecule has 0 amide bonds. The van der Waals surface area contributed by atoms with Gasteiger partial charge in [0.25, 0.3) is 0 Å². The van der Waals surface area contributed by atoms with E-state index in [9.17, 15) is 0 Å². The number of aliphatic hydroxyl groups is 1. The first-order valence-electron chi connectivity index (χ1n) is 4.90. The summed E-state index contributed by atoms with van der Waals surface area (Å²) in [5.41, 5.74) is 0. The fourth-order valence-corrected chi connectivity index (χ4v) is 2.15. The number of nitrogens with zero attached hydrogens (tertiary/aromatic N) is 2. The molecular formula is C10H16N2O. The van der Waals surface area contributed by atoms with Gasteiger partial charge in [0, 0.05) is 18.9 Å². The van der Waals surface area contributed by atoms with Crippen LogP contribution in [0.4, 0.5) is 0 Å². The largest absolute Gasteiger partial charge is 0.388 e. The number of imidazole rings is 1. The maximum Gasteiger partial charge on any atom is 0.134 e. The Kier molecular flexibility index (Phi) is 2.36. The standard InChI is InChI=1S/C10H16N2O/c1-8-4-9(5-8)6-12-3-2-11-10(12)7-13/h2-3,8-9,13H,4-7H2,1H3. The summed E-state index contributed by atoms with van der Waals surface area (Å²) >= 11 is 0. The third-order valence-corrected chi connectivity index (χ3v) is 2.87. The molecule has 1 aromatic rings. The monoisotopic (exact) mass is 180 g/mol. The number of hydrogen-bond acceptors (Lipinski definition) is 2. The van der Waals surface area contributed by atoms with Crippen LogP contribution in [-0.4, -0.2) is 14.7 Å². The van der Waals surface area contributed by atoms with Gasteiger partial charge in [-0.05, 0) is 24.7 Å². The van der Waals surface area contributed by atoms with Gasteiger partial charge in [-0.3, -0.25) is 0 Å². The van der Waals surface area contributed by atoms with Gasteiger partial charge in [-0.2, -0.15) is 0 Å². The van der Waals surface area contributed by atoms with Crippen LogP contribution in [0.5, 0.6) is 0 Å². The van der Waals surface area contributed by atoms with Crippen molar-refractivity contribution in [2.45, 2.75) is 32.9 Å². The molecule has 72 valence electrons. The Balaban J connectivity index is 1.94. The quantitative estimate of drug-likeness (QED) is 0.764. The lowest BCUT2D eigenvalue weighted by Crippen LogP contribution is -2.25. The molecule has 2 rings (SSSR count). The summed E-state index contributed by atoms with van der Waals surface area (Å²) in [6, 6.07) is 0. The van der Waals surface area contributed by atoms with Crippen molar-refractivity contribution in [3.05, 3.63) is 18.2 Å². The maximum absolute atomic E-state index is 8.98. The molecule has 0 bridgehead atoms. The highest BCUT2D eigenvalue weighted by Crippen LogP contribution is 2.34. The molecule has 0 radical (unpaired) electrons. The first-order valence-corrected chi connectivity index (χ1v) is 4.90. The zero-order valence-corrected chi connectivity index (χ0v) is 7.98. The van der Waals surface area contributed by atoms with Crippen LogP contribution in [0.15, 0.2) is 12.4 Å². The fraction of sp³-hybridized carbons (Fsp3) is 0.700. The van der Waals surface area contributed by atoms with Crippen molar-refractivity contribution < 1.29 is 5.11 Å². The van der Waals surface area contributed by atoms with Gasteiger partial charge in [-0.1, -0.05) is 6.92 Å². The molecule has 1 aromatic heterocycles. The van der Waals surface area contributed by atoms with E-state index < -0.39 is 0 Å².